The number of thioether (sulfide) groups is 1. The normalized spacial score (nSPS) is 12.0. The Morgan fingerprint density at radius 3 is 2.43 bits per heavy atom. The maximum atomic E-state index is 12.1. The number of nitrogens with one attached hydrogen (secondary N) is 1. The highest BCUT2D eigenvalue weighted by Crippen LogP contribution is 2.28. The van der Waals surface area contributed by atoms with E-state index in [1.165, 1.54) is 11.3 Å². The van der Waals surface area contributed by atoms with Gasteiger partial charge in [0.2, 0.25) is 5.13 Å². The fraction of sp³-hybridized carbons (Fsp3) is 0.400. The average molecular weight is 353 g/mol. The van der Waals surface area contributed by atoms with Crippen LogP contribution < -0.4 is 14.8 Å². The second-order valence-corrected chi connectivity index (χ2v) is 7.77. The van der Waals surface area contributed by atoms with E-state index in [-0.39, 0.29) is 5.91 Å². The van der Waals surface area contributed by atoms with Crippen LogP contribution >= 0.6 is 23.1 Å². The van der Waals surface area contributed by atoms with E-state index in [4.69, 9.17) is 9.47 Å². The molecule has 23 heavy (non-hydrogen) atoms. The maximum Gasteiger partial charge on any atom is 0.266 e. The summed E-state index contributed by atoms with van der Waals surface area (Å²) in [6, 6.07) is 7.07. The summed E-state index contributed by atoms with van der Waals surface area (Å²) < 4.78 is 11.5. The molecular weight excluding hydrogens is 334 g/mol. The summed E-state index contributed by atoms with van der Waals surface area (Å²) >= 11 is 2.97. The molecule has 124 valence electrons. The second kappa shape index (κ2) is 8.16. The summed E-state index contributed by atoms with van der Waals surface area (Å²) in [6.45, 7) is 5.84. The number of carbonyl (C=O) groups is 1. The number of nitrogens with zero attached hydrogens (tertiary/aromatic N) is 2. The number of hydrogen-bond donors (Lipinski definition) is 1. The van der Waals surface area contributed by atoms with Crippen LogP contribution in [0.2, 0.25) is 0 Å². The number of carbonyl (C=O) groups excluding carboxylic acids is 1. The van der Waals surface area contributed by atoms with Gasteiger partial charge in [-0.25, -0.2) is 0 Å². The van der Waals surface area contributed by atoms with Gasteiger partial charge in [0.05, 0.1) is 7.11 Å². The van der Waals surface area contributed by atoms with E-state index in [0.717, 1.165) is 10.1 Å². The smallest absolute Gasteiger partial charge is 0.266 e. The molecule has 1 atom stereocenters. The third kappa shape index (κ3) is 5.40. The molecule has 1 aromatic carbocycles. The Labute approximate surface area is 143 Å². The monoisotopic (exact) mass is 353 g/mol. The molecule has 0 aliphatic rings. The van der Waals surface area contributed by atoms with Crippen molar-refractivity contribution in [3.8, 4) is 11.5 Å². The zero-order valence-corrected chi connectivity index (χ0v) is 15.0. The van der Waals surface area contributed by atoms with Crippen molar-refractivity contribution in [2.75, 3.05) is 12.4 Å². The van der Waals surface area contributed by atoms with Crippen LogP contribution in [0.3, 0.4) is 0 Å². The van der Waals surface area contributed by atoms with Crippen LogP contribution in [-0.2, 0) is 4.79 Å². The van der Waals surface area contributed by atoms with Crippen LogP contribution in [0.4, 0.5) is 5.13 Å². The lowest BCUT2D eigenvalue weighted by Gasteiger charge is -2.13. The number of anilines is 1. The second-order valence-electron chi connectivity index (χ2n) is 4.96. The molecule has 0 fully saturated rings. The molecule has 0 saturated carbocycles. The SMILES string of the molecule is COc1ccc(OC(C)C(=O)Nc2nnc(SC(C)C)s2)cc1. The molecule has 6 nitrogen and oxygen atoms in total. The molecule has 1 unspecified atom stereocenters. The van der Waals surface area contributed by atoms with Crippen LogP contribution in [0.5, 0.6) is 11.5 Å². The first-order valence-electron chi connectivity index (χ1n) is 7.09. The minimum absolute atomic E-state index is 0.266. The highest BCUT2D eigenvalue weighted by molar-refractivity contribution is 8.01. The zero-order valence-electron chi connectivity index (χ0n) is 13.4. The average Bonchev–Trinajstić information content (AvgIpc) is 2.94. The summed E-state index contributed by atoms with van der Waals surface area (Å²) in [5, 5.41) is 11.6. The maximum absolute atomic E-state index is 12.1. The molecule has 8 heteroatoms. The van der Waals surface area contributed by atoms with Gasteiger partial charge in [-0.3, -0.25) is 10.1 Å². The lowest BCUT2D eigenvalue weighted by atomic mass is 10.3. The van der Waals surface area contributed by atoms with Crippen LogP contribution in [0.1, 0.15) is 20.8 Å². The van der Waals surface area contributed by atoms with Crippen molar-refractivity contribution in [1.82, 2.24) is 10.2 Å². The molecule has 2 aromatic rings. The fourth-order valence-corrected chi connectivity index (χ4v) is 3.61. The van der Waals surface area contributed by atoms with Gasteiger partial charge in [-0.15, -0.1) is 10.2 Å². The Morgan fingerprint density at radius 1 is 1.17 bits per heavy atom. The van der Waals surface area contributed by atoms with E-state index in [9.17, 15) is 4.79 Å². The summed E-state index contributed by atoms with van der Waals surface area (Å²) in [5.74, 6) is 1.07. The number of rotatable bonds is 7. The first-order valence-corrected chi connectivity index (χ1v) is 8.79. The van der Waals surface area contributed by atoms with Crippen molar-refractivity contribution in [2.45, 2.75) is 36.5 Å². The minimum Gasteiger partial charge on any atom is -0.497 e. The Kier molecular flexibility index (Phi) is 6.23. The Balaban J connectivity index is 1.90. The Bertz CT molecular complexity index is 644. The highest BCUT2D eigenvalue weighted by Gasteiger charge is 2.17. The van der Waals surface area contributed by atoms with Crippen molar-refractivity contribution >= 4 is 34.1 Å². The summed E-state index contributed by atoms with van der Waals surface area (Å²) in [7, 11) is 1.60. The Morgan fingerprint density at radius 2 is 1.83 bits per heavy atom. The molecule has 0 spiro atoms. The van der Waals surface area contributed by atoms with Gasteiger partial charge in [0.15, 0.2) is 10.4 Å². The standard InChI is InChI=1S/C15H19N3O3S2/c1-9(2)22-15-18-17-14(23-15)16-13(19)10(3)21-12-7-5-11(20-4)6-8-12/h5-10H,1-4H3,(H,16,17,19). The van der Waals surface area contributed by atoms with E-state index < -0.39 is 6.10 Å². The quantitative estimate of drug-likeness (QED) is 0.607. The third-order valence-corrected chi connectivity index (χ3v) is 4.64. The fourth-order valence-electron chi connectivity index (χ4n) is 1.63. The van der Waals surface area contributed by atoms with Gasteiger partial charge < -0.3 is 9.47 Å². The highest BCUT2D eigenvalue weighted by atomic mass is 32.2. The van der Waals surface area contributed by atoms with Crippen molar-refractivity contribution in [2.24, 2.45) is 0 Å². The molecule has 2 rings (SSSR count). The first kappa shape index (κ1) is 17.6. The van der Waals surface area contributed by atoms with Gasteiger partial charge >= 0.3 is 0 Å². The number of ether oxygens (including phenoxy) is 2. The van der Waals surface area contributed by atoms with E-state index >= 15 is 0 Å². The van der Waals surface area contributed by atoms with Gasteiger partial charge in [0.1, 0.15) is 11.5 Å². The van der Waals surface area contributed by atoms with Crippen molar-refractivity contribution in [3.63, 3.8) is 0 Å². The topological polar surface area (TPSA) is 73.3 Å². The van der Waals surface area contributed by atoms with Gasteiger partial charge in [-0.2, -0.15) is 0 Å². The van der Waals surface area contributed by atoms with E-state index in [2.05, 4.69) is 29.4 Å². The van der Waals surface area contributed by atoms with Gasteiger partial charge in [-0.05, 0) is 31.2 Å². The predicted octanol–water partition coefficient (Wildman–Crippen LogP) is 3.45. The number of methoxy groups -OCH3 is 1. The lowest BCUT2D eigenvalue weighted by molar-refractivity contribution is -0.122. The molecular formula is C15H19N3O3S2. The molecule has 1 heterocycles. The van der Waals surface area contributed by atoms with Crippen molar-refractivity contribution in [3.05, 3.63) is 24.3 Å². The van der Waals surface area contributed by atoms with Crippen LogP contribution in [0.25, 0.3) is 0 Å². The van der Waals surface area contributed by atoms with Crippen molar-refractivity contribution in [1.29, 1.82) is 0 Å². The third-order valence-electron chi connectivity index (χ3n) is 2.71. The van der Waals surface area contributed by atoms with E-state index in [1.54, 1.807) is 50.1 Å². The molecule has 0 aliphatic carbocycles. The van der Waals surface area contributed by atoms with Gasteiger partial charge in [0, 0.05) is 5.25 Å². The molecule has 1 N–H and O–H groups in total. The van der Waals surface area contributed by atoms with Crippen LogP contribution in [0, 0.1) is 0 Å². The van der Waals surface area contributed by atoms with E-state index in [1.807, 2.05) is 0 Å². The molecule has 0 bridgehead atoms. The largest absolute Gasteiger partial charge is 0.497 e. The summed E-state index contributed by atoms with van der Waals surface area (Å²) in [4.78, 5) is 12.1. The summed E-state index contributed by atoms with van der Waals surface area (Å²) in [6.07, 6.45) is -0.645. The first-order chi connectivity index (χ1) is 11.0. The molecule has 0 saturated heterocycles. The zero-order chi connectivity index (χ0) is 16.8. The molecule has 1 amide bonds. The van der Waals surface area contributed by atoms with Crippen LogP contribution in [0.15, 0.2) is 28.6 Å². The lowest BCUT2D eigenvalue weighted by Crippen LogP contribution is -2.30. The number of aromatic nitrogens is 2. The van der Waals surface area contributed by atoms with Gasteiger partial charge in [0.25, 0.3) is 5.91 Å². The van der Waals surface area contributed by atoms with Crippen LogP contribution in [-0.4, -0.2) is 34.6 Å². The Hall–Kier alpha value is -1.80. The molecule has 1 aromatic heterocycles. The van der Waals surface area contributed by atoms with Crippen molar-refractivity contribution < 1.29 is 14.3 Å². The minimum atomic E-state index is -0.645. The molecule has 0 radical (unpaired) electrons. The number of amides is 1. The van der Waals surface area contributed by atoms with Gasteiger partial charge in [-0.1, -0.05) is 36.9 Å². The summed E-state index contributed by atoms with van der Waals surface area (Å²) in [5.41, 5.74) is 0. The molecule has 0 aliphatic heterocycles. The number of benzene rings is 1. The predicted molar refractivity (Wildman–Crippen MR) is 92.6 cm³/mol. The van der Waals surface area contributed by atoms with E-state index in [0.29, 0.717) is 16.1 Å². The number of hydrogen-bond acceptors (Lipinski definition) is 7.